The lowest BCUT2D eigenvalue weighted by Gasteiger charge is -2.07. The van der Waals surface area contributed by atoms with Crippen LogP contribution in [0.2, 0.25) is 0 Å². The highest BCUT2D eigenvalue weighted by molar-refractivity contribution is 5.75. The van der Waals surface area contributed by atoms with Gasteiger partial charge in [-0.3, -0.25) is 4.79 Å². The van der Waals surface area contributed by atoms with Gasteiger partial charge < -0.3 is 9.30 Å². The van der Waals surface area contributed by atoms with Crippen molar-refractivity contribution >= 4 is 11.0 Å². The predicted molar refractivity (Wildman–Crippen MR) is 58.1 cm³/mol. The van der Waals surface area contributed by atoms with E-state index in [9.17, 15) is 9.18 Å². The van der Waals surface area contributed by atoms with Crippen LogP contribution in [0.1, 0.15) is 6.92 Å². The third-order valence-electron chi connectivity index (χ3n) is 2.29. The molecule has 0 aliphatic carbocycles. The van der Waals surface area contributed by atoms with E-state index in [1.165, 1.54) is 22.8 Å². The van der Waals surface area contributed by atoms with Crippen molar-refractivity contribution in [1.29, 1.82) is 0 Å². The van der Waals surface area contributed by atoms with E-state index >= 15 is 0 Å². The molecule has 0 saturated heterocycles. The molecule has 4 nitrogen and oxygen atoms in total. The van der Waals surface area contributed by atoms with Crippen molar-refractivity contribution in [1.82, 2.24) is 9.55 Å². The van der Waals surface area contributed by atoms with Gasteiger partial charge in [-0.15, -0.1) is 0 Å². The molecule has 0 spiro atoms. The summed E-state index contributed by atoms with van der Waals surface area (Å²) in [4.78, 5) is 15.7. The fourth-order valence-electron chi connectivity index (χ4n) is 1.51. The van der Waals surface area contributed by atoms with Gasteiger partial charge in [-0.2, -0.15) is 0 Å². The molecule has 0 bridgehead atoms. The van der Waals surface area contributed by atoms with Crippen LogP contribution >= 0.6 is 0 Å². The Morgan fingerprint density at radius 3 is 2.94 bits per heavy atom. The SMILES string of the molecule is CCOc1nc2cc(F)ccc2n(C)c1=O. The first-order valence-corrected chi connectivity index (χ1v) is 4.92. The van der Waals surface area contributed by atoms with Gasteiger partial charge in [-0.25, -0.2) is 9.37 Å². The molecule has 1 heterocycles. The molecule has 5 heteroatoms. The van der Waals surface area contributed by atoms with Gasteiger partial charge in [0.15, 0.2) is 0 Å². The molecule has 0 saturated carbocycles. The van der Waals surface area contributed by atoms with Gasteiger partial charge in [0.1, 0.15) is 5.82 Å². The van der Waals surface area contributed by atoms with E-state index in [0.29, 0.717) is 17.6 Å². The molecule has 84 valence electrons. The molecule has 1 aromatic carbocycles. The molecule has 0 unspecified atom stereocenters. The first-order valence-electron chi connectivity index (χ1n) is 4.92. The lowest BCUT2D eigenvalue weighted by molar-refractivity contribution is 0.321. The zero-order valence-corrected chi connectivity index (χ0v) is 9.03. The van der Waals surface area contributed by atoms with Gasteiger partial charge >= 0.3 is 5.56 Å². The van der Waals surface area contributed by atoms with Crippen LogP contribution in [0.5, 0.6) is 5.88 Å². The van der Waals surface area contributed by atoms with Crippen LogP contribution in [0, 0.1) is 5.82 Å². The fraction of sp³-hybridized carbons (Fsp3) is 0.273. The molecule has 0 amide bonds. The number of hydrogen-bond acceptors (Lipinski definition) is 3. The third-order valence-corrected chi connectivity index (χ3v) is 2.29. The molecule has 2 rings (SSSR count). The lowest BCUT2D eigenvalue weighted by Crippen LogP contribution is -2.21. The Kier molecular flexibility index (Phi) is 2.60. The van der Waals surface area contributed by atoms with E-state index in [-0.39, 0.29) is 17.3 Å². The minimum atomic E-state index is -0.388. The molecular weight excluding hydrogens is 211 g/mol. The van der Waals surface area contributed by atoms with Crippen molar-refractivity contribution in [2.45, 2.75) is 6.92 Å². The van der Waals surface area contributed by atoms with Gasteiger partial charge in [-0.1, -0.05) is 0 Å². The maximum absolute atomic E-state index is 13.0. The zero-order valence-electron chi connectivity index (χ0n) is 9.03. The highest BCUT2D eigenvalue weighted by Crippen LogP contribution is 2.13. The highest BCUT2D eigenvalue weighted by atomic mass is 19.1. The summed E-state index contributed by atoms with van der Waals surface area (Å²) in [5, 5.41) is 0. The molecule has 0 aliphatic heterocycles. The Labute approximate surface area is 91.3 Å². The second-order valence-electron chi connectivity index (χ2n) is 3.35. The molecule has 0 radical (unpaired) electrons. The van der Waals surface area contributed by atoms with E-state index in [2.05, 4.69) is 4.98 Å². The number of halogens is 1. The van der Waals surface area contributed by atoms with E-state index in [1.54, 1.807) is 14.0 Å². The number of ether oxygens (including phenoxy) is 1. The second-order valence-corrected chi connectivity index (χ2v) is 3.35. The maximum atomic E-state index is 13.0. The monoisotopic (exact) mass is 222 g/mol. The van der Waals surface area contributed by atoms with Gasteiger partial charge in [0.2, 0.25) is 0 Å². The first kappa shape index (κ1) is 10.6. The standard InChI is InChI=1S/C11H11FN2O2/c1-3-16-10-11(15)14(2)9-5-4-7(12)6-8(9)13-10/h4-6H,3H2,1-2H3. The van der Waals surface area contributed by atoms with Gasteiger partial charge in [0.05, 0.1) is 17.6 Å². The normalized spacial score (nSPS) is 10.7. The number of fused-ring (bicyclic) bond motifs is 1. The Morgan fingerprint density at radius 1 is 1.50 bits per heavy atom. The van der Waals surface area contributed by atoms with Crippen molar-refractivity contribution in [2.24, 2.45) is 7.05 Å². The predicted octanol–water partition coefficient (Wildman–Crippen LogP) is 1.47. The van der Waals surface area contributed by atoms with E-state index < -0.39 is 0 Å². The summed E-state index contributed by atoms with van der Waals surface area (Å²) in [7, 11) is 1.60. The van der Waals surface area contributed by atoms with E-state index in [4.69, 9.17) is 4.74 Å². The van der Waals surface area contributed by atoms with Crippen LogP contribution in [-0.4, -0.2) is 16.2 Å². The average Bonchev–Trinajstić information content (AvgIpc) is 2.25. The largest absolute Gasteiger partial charge is 0.474 e. The Balaban J connectivity index is 2.78. The summed E-state index contributed by atoms with van der Waals surface area (Å²) in [6, 6.07) is 4.09. The van der Waals surface area contributed by atoms with E-state index in [0.717, 1.165) is 0 Å². The third kappa shape index (κ3) is 1.64. The Bertz CT molecular complexity index is 592. The minimum Gasteiger partial charge on any atom is -0.474 e. The molecule has 0 aliphatic rings. The molecule has 1 aromatic heterocycles. The Morgan fingerprint density at radius 2 is 2.25 bits per heavy atom. The summed E-state index contributed by atoms with van der Waals surface area (Å²) in [6.07, 6.45) is 0. The van der Waals surface area contributed by atoms with Crippen LogP contribution in [0.25, 0.3) is 11.0 Å². The number of benzene rings is 1. The zero-order chi connectivity index (χ0) is 11.7. The van der Waals surface area contributed by atoms with Gasteiger partial charge in [0.25, 0.3) is 5.88 Å². The first-order chi connectivity index (χ1) is 7.63. The summed E-state index contributed by atoms with van der Waals surface area (Å²) in [5.74, 6) is -0.385. The summed E-state index contributed by atoms with van der Waals surface area (Å²) in [5.41, 5.74) is 0.668. The van der Waals surface area contributed by atoms with Crippen LogP contribution in [-0.2, 0) is 7.05 Å². The molecule has 0 fully saturated rings. The lowest BCUT2D eigenvalue weighted by atomic mass is 10.3. The molecule has 2 aromatic rings. The van der Waals surface area contributed by atoms with Crippen molar-refractivity contribution in [2.75, 3.05) is 6.61 Å². The summed E-state index contributed by atoms with van der Waals surface area (Å²) >= 11 is 0. The minimum absolute atomic E-state index is 0.00287. The average molecular weight is 222 g/mol. The van der Waals surface area contributed by atoms with Crippen molar-refractivity contribution < 1.29 is 9.13 Å². The molecule has 0 N–H and O–H groups in total. The Hall–Kier alpha value is -1.91. The van der Waals surface area contributed by atoms with E-state index in [1.807, 2.05) is 0 Å². The van der Waals surface area contributed by atoms with Gasteiger partial charge in [0, 0.05) is 13.1 Å². The number of rotatable bonds is 2. The molecule has 16 heavy (non-hydrogen) atoms. The number of aryl methyl sites for hydroxylation is 1. The number of nitrogens with zero attached hydrogens (tertiary/aromatic N) is 2. The van der Waals surface area contributed by atoms with Crippen LogP contribution < -0.4 is 10.3 Å². The van der Waals surface area contributed by atoms with Crippen LogP contribution in [0.3, 0.4) is 0 Å². The van der Waals surface area contributed by atoms with Gasteiger partial charge in [-0.05, 0) is 19.1 Å². The second kappa shape index (κ2) is 3.92. The molecular formula is C11H11FN2O2. The van der Waals surface area contributed by atoms with Crippen molar-refractivity contribution in [3.05, 3.63) is 34.4 Å². The smallest absolute Gasteiger partial charge is 0.313 e. The maximum Gasteiger partial charge on any atom is 0.313 e. The quantitative estimate of drug-likeness (QED) is 0.772. The highest BCUT2D eigenvalue weighted by Gasteiger charge is 2.09. The van der Waals surface area contributed by atoms with Crippen molar-refractivity contribution in [3.8, 4) is 5.88 Å². The molecule has 0 atom stereocenters. The van der Waals surface area contributed by atoms with Crippen LogP contribution in [0.15, 0.2) is 23.0 Å². The number of hydrogen-bond donors (Lipinski definition) is 0. The topological polar surface area (TPSA) is 44.1 Å². The fourth-order valence-corrected chi connectivity index (χ4v) is 1.51. The summed E-state index contributed by atoms with van der Waals surface area (Å²) in [6.45, 7) is 2.11. The number of aromatic nitrogens is 2. The van der Waals surface area contributed by atoms with Crippen molar-refractivity contribution in [3.63, 3.8) is 0 Å². The van der Waals surface area contributed by atoms with Crippen LogP contribution in [0.4, 0.5) is 4.39 Å². The summed E-state index contributed by atoms with van der Waals surface area (Å²) < 4.78 is 19.5.